The van der Waals surface area contributed by atoms with Gasteiger partial charge in [-0.25, -0.2) is 0 Å². The minimum Gasteiger partial charge on any atom is -0.300 e. The molecule has 0 spiro atoms. The van der Waals surface area contributed by atoms with Gasteiger partial charge in [-0.1, -0.05) is 12.2 Å². The van der Waals surface area contributed by atoms with Crippen LogP contribution < -0.4 is 0 Å². The minimum atomic E-state index is 0.301. The van der Waals surface area contributed by atoms with Crippen molar-refractivity contribution in [2.24, 2.45) is 5.92 Å². The van der Waals surface area contributed by atoms with E-state index in [0.29, 0.717) is 18.1 Å². The summed E-state index contributed by atoms with van der Waals surface area (Å²) in [5.41, 5.74) is 1.24. The lowest BCUT2D eigenvalue weighted by molar-refractivity contribution is -0.117. The van der Waals surface area contributed by atoms with Crippen LogP contribution in [0, 0.1) is 5.92 Å². The Morgan fingerprint density at radius 1 is 1.38 bits per heavy atom. The number of hydrogen-bond acceptors (Lipinski definition) is 3. The standard InChI is InChI=1S/C13H22OS2/c1-10(2)12(6-5-11(3)14)9-13-15-7-4-8-16-13/h12-13H,1,4-9H2,2-3H3. The van der Waals surface area contributed by atoms with Gasteiger partial charge in [0, 0.05) is 6.42 Å². The van der Waals surface area contributed by atoms with Crippen LogP contribution in [0.2, 0.25) is 0 Å². The number of rotatable bonds is 6. The number of Topliss-reactive ketones (excluding diaryl/α,β-unsaturated/α-hetero) is 1. The van der Waals surface area contributed by atoms with E-state index in [-0.39, 0.29) is 0 Å². The summed E-state index contributed by atoms with van der Waals surface area (Å²) in [5, 5.41) is 0. The van der Waals surface area contributed by atoms with Crippen molar-refractivity contribution >= 4 is 29.3 Å². The third kappa shape index (κ3) is 5.44. The van der Waals surface area contributed by atoms with Crippen LogP contribution in [-0.4, -0.2) is 21.9 Å². The van der Waals surface area contributed by atoms with Crippen molar-refractivity contribution in [1.29, 1.82) is 0 Å². The lowest BCUT2D eigenvalue weighted by Crippen LogP contribution is -2.14. The lowest BCUT2D eigenvalue weighted by atomic mass is 9.93. The molecule has 0 aromatic heterocycles. The molecule has 1 aliphatic rings. The fourth-order valence-corrected chi connectivity index (χ4v) is 4.88. The molecule has 1 fully saturated rings. The monoisotopic (exact) mass is 258 g/mol. The number of carbonyl (C=O) groups is 1. The third-order valence-corrected chi connectivity index (χ3v) is 5.91. The average molecular weight is 258 g/mol. The summed E-state index contributed by atoms with van der Waals surface area (Å²) in [7, 11) is 0. The van der Waals surface area contributed by atoms with Gasteiger partial charge in [0.1, 0.15) is 5.78 Å². The molecule has 1 nitrogen and oxygen atoms in total. The Kier molecular flexibility index (Phi) is 6.59. The Hall–Kier alpha value is 0.110. The van der Waals surface area contributed by atoms with Crippen LogP contribution in [0.5, 0.6) is 0 Å². The zero-order chi connectivity index (χ0) is 12.0. The smallest absolute Gasteiger partial charge is 0.129 e. The van der Waals surface area contributed by atoms with Gasteiger partial charge in [0.2, 0.25) is 0 Å². The minimum absolute atomic E-state index is 0.301. The molecule has 92 valence electrons. The highest BCUT2D eigenvalue weighted by molar-refractivity contribution is 8.17. The molecule has 0 aromatic rings. The van der Waals surface area contributed by atoms with Gasteiger partial charge in [-0.05, 0) is 50.5 Å². The van der Waals surface area contributed by atoms with Crippen molar-refractivity contribution in [3.63, 3.8) is 0 Å². The number of thioether (sulfide) groups is 2. The molecule has 1 saturated heterocycles. The molecule has 1 unspecified atom stereocenters. The van der Waals surface area contributed by atoms with Crippen molar-refractivity contribution in [3.05, 3.63) is 12.2 Å². The first-order valence-electron chi connectivity index (χ1n) is 5.97. The van der Waals surface area contributed by atoms with Crippen molar-refractivity contribution in [3.8, 4) is 0 Å². The van der Waals surface area contributed by atoms with E-state index in [0.717, 1.165) is 11.0 Å². The number of hydrogen-bond donors (Lipinski definition) is 0. The molecule has 1 heterocycles. The second-order valence-corrected chi connectivity index (χ2v) is 7.46. The summed E-state index contributed by atoms with van der Waals surface area (Å²) < 4.78 is 0.724. The van der Waals surface area contributed by atoms with Gasteiger partial charge in [-0.15, -0.1) is 23.5 Å². The van der Waals surface area contributed by atoms with Crippen LogP contribution in [0.1, 0.15) is 39.5 Å². The molecule has 1 aliphatic heterocycles. The molecule has 3 heteroatoms. The highest BCUT2D eigenvalue weighted by atomic mass is 32.2. The predicted octanol–water partition coefficient (Wildman–Crippen LogP) is 4.13. The van der Waals surface area contributed by atoms with Gasteiger partial charge in [-0.3, -0.25) is 0 Å². The van der Waals surface area contributed by atoms with Gasteiger partial charge in [0.05, 0.1) is 4.58 Å². The van der Waals surface area contributed by atoms with Crippen LogP contribution in [-0.2, 0) is 4.79 Å². The Morgan fingerprint density at radius 3 is 2.50 bits per heavy atom. The molecule has 0 radical (unpaired) electrons. The molecular formula is C13H22OS2. The number of carbonyl (C=O) groups excluding carboxylic acids is 1. The largest absolute Gasteiger partial charge is 0.300 e. The number of allylic oxidation sites excluding steroid dienone is 1. The summed E-state index contributed by atoms with van der Waals surface area (Å²) in [4.78, 5) is 11.0. The molecule has 1 atom stereocenters. The maximum atomic E-state index is 11.0. The molecular weight excluding hydrogens is 236 g/mol. The molecule has 0 saturated carbocycles. The van der Waals surface area contributed by atoms with Gasteiger partial charge < -0.3 is 4.79 Å². The van der Waals surface area contributed by atoms with Crippen LogP contribution in [0.3, 0.4) is 0 Å². The molecule has 1 rings (SSSR count). The van der Waals surface area contributed by atoms with E-state index < -0.39 is 0 Å². The van der Waals surface area contributed by atoms with Crippen LogP contribution in [0.4, 0.5) is 0 Å². The molecule has 0 amide bonds. The second-order valence-electron chi connectivity index (χ2n) is 4.54. The highest BCUT2D eigenvalue weighted by Crippen LogP contribution is 2.37. The average Bonchev–Trinajstić information content (AvgIpc) is 2.25. The predicted molar refractivity (Wildman–Crippen MR) is 76.2 cm³/mol. The summed E-state index contributed by atoms with van der Waals surface area (Å²) in [6.07, 6.45) is 4.23. The zero-order valence-electron chi connectivity index (χ0n) is 10.3. The normalized spacial score (nSPS) is 19.4. The molecule has 0 aliphatic carbocycles. The highest BCUT2D eigenvalue weighted by Gasteiger charge is 2.20. The van der Waals surface area contributed by atoms with Crippen molar-refractivity contribution in [1.82, 2.24) is 0 Å². The topological polar surface area (TPSA) is 17.1 Å². The Bertz CT molecular complexity index is 244. The maximum Gasteiger partial charge on any atom is 0.129 e. The first kappa shape index (κ1) is 14.2. The van der Waals surface area contributed by atoms with Crippen molar-refractivity contribution < 1.29 is 4.79 Å². The van der Waals surface area contributed by atoms with Gasteiger partial charge in [0.15, 0.2) is 0 Å². The summed E-state index contributed by atoms with van der Waals surface area (Å²) in [5.74, 6) is 3.43. The molecule has 0 N–H and O–H groups in total. The van der Waals surface area contributed by atoms with E-state index in [1.807, 2.05) is 0 Å². The number of ketones is 1. The van der Waals surface area contributed by atoms with E-state index in [1.165, 1.54) is 29.9 Å². The fourth-order valence-electron chi connectivity index (χ4n) is 1.85. The third-order valence-electron chi connectivity index (χ3n) is 2.91. The summed E-state index contributed by atoms with van der Waals surface area (Å²) in [6.45, 7) is 7.85. The maximum absolute atomic E-state index is 11.0. The van der Waals surface area contributed by atoms with Gasteiger partial charge in [0.25, 0.3) is 0 Å². The van der Waals surface area contributed by atoms with Crippen molar-refractivity contribution in [2.45, 2.75) is 44.1 Å². The Morgan fingerprint density at radius 2 is 2.00 bits per heavy atom. The Balaban J connectivity index is 2.37. The van der Waals surface area contributed by atoms with Crippen LogP contribution in [0.15, 0.2) is 12.2 Å². The molecule has 16 heavy (non-hydrogen) atoms. The second kappa shape index (κ2) is 7.44. The first-order valence-corrected chi connectivity index (χ1v) is 8.07. The summed E-state index contributed by atoms with van der Waals surface area (Å²) >= 11 is 4.16. The van der Waals surface area contributed by atoms with Crippen LogP contribution >= 0.6 is 23.5 Å². The Labute approximate surface area is 108 Å². The quantitative estimate of drug-likeness (QED) is 0.667. The SMILES string of the molecule is C=C(C)C(CCC(C)=O)CC1SCCCS1. The van der Waals surface area contributed by atoms with E-state index >= 15 is 0 Å². The summed E-state index contributed by atoms with van der Waals surface area (Å²) in [6, 6.07) is 0. The first-order chi connectivity index (χ1) is 7.59. The van der Waals surface area contributed by atoms with Gasteiger partial charge >= 0.3 is 0 Å². The molecule has 0 aromatic carbocycles. The van der Waals surface area contributed by atoms with Crippen LogP contribution in [0.25, 0.3) is 0 Å². The zero-order valence-corrected chi connectivity index (χ0v) is 12.0. The van der Waals surface area contributed by atoms with E-state index in [9.17, 15) is 4.79 Å². The van der Waals surface area contributed by atoms with E-state index in [2.05, 4.69) is 37.0 Å². The lowest BCUT2D eigenvalue weighted by Gasteiger charge is -2.26. The van der Waals surface area contributed by atoms with E-state index in [4.69, 9.17) is 0 Å². The van der Waals surface area contributed by atoms with Crippen molar-refractivity contribution in [2.75, 3.05) is 11.5 Å². The fraction of sp³-hybridized carbons (Fsp3) is 0.769. The molecule has 0 bridgehead atoms. The van der Waals surface area contributed by atoms with Gasteiger partial charge in [-0.2, -0.15) is 0 Å². The van der Waals surface area contributed by atoms with E-state index in [1.54, 1.807) is 6.92 Å².